The fourth-order valence-corrected chi connectivity index (χ4v) is 3.21. The molecule has 31 heavy (non-hydrogen) atoms. The number of amides is 2. The van der Waals surface area contributed by atoms with Crippen molar-refractivity contribution < 1.29 is 23.9 Å². The van der Waals surface area contributed by atoms with Gasteiger partial charge >= 0.3 is 0 Å². The van der Waals surface area contributed by atoms with Gasteiger partial charge in [0.1, 0.15) is 18.0 Å². The number of hydrogen-bond acceptors (Lipinski definition) is 5. The van der Waals surface area contributed by atoms with Crippen molar-refractivity contribution >= 4 is 23.3 Å². The average molecular weight is 424 g/mol. The van der Waals surface area contributed by atoms with Crippen molar-refractivity contribution in [3.05, 3.63) is 53.6 Å². The van der Waals surface area contributed by atoms with E-state index in [4.69, 9.17) is 9.47 Å². The van der Waals surface area contributed by atoms with Crippen LogP contribution < -0.4 is 19.7 Å². The number of anilines is 1. The number of carbonyl (C=O) groups excluding carboxylic acids is 3. The van der Waals surface area contributed by atoms with Gasteiger partial charge in [0.15, 0.2) is 19.0 Å². The normalized spacial score (nSPS) is 12.7. The Morgan fingerprint density at radius 1 is 1.13 bits per heavy atom. The van der Waals surface area contributed by atoms with Crippen LogP contribution >= 0.6 is 0 Å². The summed E-state index contributed by atoms with van der Waals surface area (Å²) in [6, 6.07) is 12.5. The summed E-state index contributed by atoms with van der Waals surface area (Å²) in [5.41, 5.74) is 2.00. The van der Waals surface area contributed by atoms with Crippen LogP contribution in [0.2, 0.25) is 0 Å². The number of rotatable bonds is 10. The summed E-state index contributed by atoms with van der Waals surface area (Å²) in [7, 11) is 0. The minimum Gasteiger partial charge on any atom is -0.485 e. The van der Waals surface area contributed by atoms with E-state index >= 15 is 0 Å². The van der Waals surface area contributed by atoms with Gasteiger partial charge in [0.25, 0.3) is 5.91 Å². The second-order valence-corrected chi connectivity index (χ2v) is 7.36. The van der Waals surface area contributed by atoms with Crippen molar-refractivity contribution in [1.82, 2.24) is 5.32 Å². The maximum absolute atomic E-state index is 12.7. The monoisotopic (exact) mass is 424 g/mol. The number of ether oxygens (including phenoxy) is 2. The SMILES string of the molecule is CCCCNC(=O)CN1C(=O)COc2ccc(C(=O)COc3ccc(CC)cc3)cc21. The van der Waals surface area contributed by atoms with E-state index in [0.29, 0.717) is 29.3 Å². The third-order valence-corrected chi connectivity index (χ3v) is 5.08. The van der Waals surface area contributed by atoms with Crippen molar-refractivity contribution in [1.29, 1.82) is 0 Å². The van der Waals surface area contributed by atoms with E-state index < -0.39 is 0 Å². The smallest absolute Gasteiger partial charge is 0.265 e. The zero-order valence-electron chi connectivity index (χ0n) is 18.0. The van der Waals surface area contributed by atoms with Crippen LogP contribution in [0.15, 0.2) is 42.5 Å². The lowest BCUT2D eigenvalue weighted by Gasteiger charge is -2.29. The largest absolute Gasteiger partial charge is 0.485 e. The lowest BCUT2D eigenvalue weighted by molar-refractivity contribution is -0.125. The molecule has 1 aliphatic rings. The molecule has 0 aliphatic carbocycles. The molecule has 2 aromatic rings. The molecule has 2 aromatic carbocycles. The zero-order chi connectivity index (χ0) is 22.2. The Hall–Kier alpha value is -3.35. The lowest BCUT2D eigenvalue weighted by atomic mass is 10.1. The fourth-order valence-electron chi connectivity index (χ4n) is 3.21. The standard InChI is InChI=1S/C24H28N2O5/c1-3-5-12-25-23(28)14-26-20-13-18(8-11-22(20)31-16-24(26)29)21(27)15-30-19-9-6-17(4-2)7-10-19/h6-11,13H,3-5,12,14-16H2,1-2H3,(H,25,28). The number of Topliss-reactive ketones (excluding diaryl/α,β-unsaturated/α-hetero) is 1. The van der Waals surface area contributed by atoms with Gasteiger partial charge in [-0.1, -0.05) is 32.4 Å². The van der Waals surface area contributed by atoms with Gasteiger partial charge in [-0.25, -0.2) is 0 Å². The summed E-state index contributed by atoms with van der Waals surface area (Å²) in [5, 5.41) is 2.81. The van der Waals surface area contributed by atoms with E-state index in [2.05, 4.69) is 12.2 Å². The van der Waals surface area contributed by atoms with Crippen molar-refractivity contribution in [2.75, 3.05) is 31.2 Å². The summed E-state index contributed by atoms with van der Waals surface area (Å²) in [4.78, 5) is 38.6. The second kappa shape index (κ2) is 10.6. The van der Waals surface area contributed by atoms with Crippen LogP contribution in [0, 0.1) is 0 Å². The zero-order valence-corrected chi connectivity index (χ0v) is 18.0. The van der Waals surface area contributed by atoms with Crippen LogP contribution in [0.25, 0.3) is 0 Å². The Bertz CT molecular complexity index is 939. The molecule has 1 heterocycles. The average Bonchev–Trinajstić information content (AvgIpc) is 2.79. The first-order valence-corrected chi connectivity index (χ1v) is 10.6. The Kier molecular flexibility index (Phi) is 7.65. The van der Waals surface area contributed by atoms with Gasteiger partial charge in [-0.05, 0) is 48.7 Å². The molecule has 2 amide bonds. The molecule has 164 valence electrons. The highest BCUT2D eigenvalue weighted by Gasteiger charge is 2.28. The van der Waals surface area contributed by atoms with E-state index in [1.165, 1.54) is 10.5 Å². The predicted molar refractivity (Wildman–Crippen MR) is 118 cm³/mol. The van der Waals surface area contributed by atoms with Gasteiger partial charge in [0.2, 0.25) is 5.91 Å². The molecule has 0 aromatic heterocycles. The highest BCUT2D eigenvalue weighted by Crippen LogP contribution is 2.33. The van der Waals surface area contributed by atoms with Crippen molar-refractivity contribution in [2.24, 2.45) is 0 Å². The number of aryl methyl sites for hydroxylation is 1. The summed E-state index contributed by atoms with van der Waals surface area (Å²) in [6.07, 6.45) is 2.78. The molecule has 0 atom stereocenters. The van der Waals surface area contributed by atoms with Gasteiger partial charge in [-0.2, -0.15) is 0 Å². The molecule has 3 rings (SSSR count). The minimum absolute atomic E-state index is 0.114. The molecule has 7 heteroatoms. The molecule has 0 saturated carbocycles. The molecule has 0 spiro atoms. The van der Waals surface area contributed by atoms with E-state index in [9.17, 15) is 14.4 Å². The Balaban J connectivity index is 1.69. The molecule has 1 aliphatic heterocycles. The summed E-state index contributed by atoms with van der Waals surface area (Å²) in [6.45, 7) is 4.29. The van der Waals surface area contributed by atoms with Gasteiger partial charge < -0.3 is 14.8 Å². The van der Waals surface area contributed by atoms with E-state index in [1.54, 1.807) is 18.2 Å². The molecule has 1 N–H and O–H groups in total. The van der Waals surface area contributed by atoms with E-state index in [1.807, 2.05) is 31.2 Å². The van der Waals surface area contributed by atoms with Crippen LogP contribution in [0.5, 0.6) is 11.5 Å². The first-order valence-electron chi connectivity index (χ1n) is 10.6. The van der Waals surface area contributed by atoms with Crippen LogP contribution in [0.1, 0.15) is 42.6 Å². The third kappa shape index (κ3) is 5.84. The highest BCUT2D eigenvalue weighted by molar-refractivity contribution is 6.04. The summed E-state index contributed by atoms with van der Waals surface area (Å²) >= 11 is 0. The van der Waals surface area contributed by atoms with Crippen molar-refractivity contribution in [2.45, 2.75) is 33.1 Å². The van der Waals surface area contributed by atoms with Crippen LogP contribution in [0.3, 0.4) is 0 Å². The molecule has 0 bridgehead atoms. The number of carbonyl (C=O) groups is 3. The van der Waals surface area contributed by atoms with Crippen LogP contribution in [-0.2, 0) is 16.0 Å². The second-order valence-electron chi connectivity index (χ2n) is 7.36. The van der Waals surface area contributed by atoms with E-state index in [0.717, 1.165) is 19.3 Å². The Morgan fingerprint density at radius 3 is 2.61 bits per heavy atom. The molecule has 0 fully saturated rings. The quantitative estimate of drug-likeness (QED) is 0.468. The minimum atomic E-state index is -0.324. The van der Waals surface area contributed by atoms with Crippen molar-refractivity contribution in [3.8, 4) is 11.5 Å². The highest BCUT2D eigenvalue weighted by atomic mass is 16.5. The number of nitrogens with zero attached hydrogens (tertiary/aromatic N) is 1. The topological polar surface area (TPSA) is 84.9 Å². The number of ketones is 1. The van der Waals surface area contributed by atoms with Crippen LogP contribution in [-0.4, -0.2) is 43.9 Å². The number of hydrogen-bond donors (Lipinski definition) is 1. The van der Waals surface area contributed by atoms with Gasteiger partial charge in [0, 0.05) is 12.1 Å². The third-order valence-electron chi connectivity index (χ3n) is 5.08. The van der Waals surface area contributed by atoms with Gasteiger partial charge in [-0.15, -0.1) is 0 Å². The Morgan fingerprint density at radius 2 is 1.90 bits per heavy atom. The maximum atomic E-state index is 12.7. The number of unbranched alkanes of at least 4 members (excludes halogenated alkanes) is 1. The number of benzene rings is 2. The summed E-state index contributed by atoms with van der Waals surface area (Å²) in [5.74, 6) is 0.286. The molecular formula is C24H28N2O5. The Labute approximate surface area is 182 Å². The molecular weight excluding hydrogens is 396 g/mol. The molecule has 0 radical (unpaired) electrons. The first kappa shape index (κ1) is 22.3. The number of fused-ring (bicyclic) bond motifs is 1. The lowest BCUT2D eigenvalue weighted by Crippen LogP contribution is -2.45. The fraction of sp³-hybridized carbons (Fsp3) is 0.375. The predicted octanol–water partition coefficient (Wildman–Crippen LogP) is 3.15. The molecule has 7 nitrogen and oxygen atoms in total. The van der Waals surface area contributed by atoms with Crippen LogP contribution in [0.4, 0.5) is 5.69 Å². The number of nitrogens with one attached hydrogen (secondary N) is 1. The molecule has 0 unspecified atom stereocenters. The van der Waals surface area contributed by atoms with E-state index in [-0.39, 0.29) is 37.4 Å². The maximum Gasteiger partial charge on any atom is 0.265 e. The van der Waals surface area contributed by atoms with Gasteiger partial charge in [-0.3, -0.25) is 19.3 Å². The first-order chi connectivity index (χ1) is 15.0. The summed E-state index contributed by atoms with van der Waals surface area (Å²) < 4.78 is 11.1. The van der Waals surface area contributed by atoms with Gasteiger partial charge in [0.05, 0.1) is 5.69 Å². The van der Waals surface area contributed by atoms with Crippen molar-refractivity contribution in [3.63, 3.8) is 0 Å². The molecule has 0 saturated heterocycles.